The van der Waals surface area contributed by atoms with Gasteiger partial charge in [0.25, 0.3) is 5.91 Å². The van der Waals surface area contributed by atoms with E-state index in [1.807, 2.05) is 30.3 Å². The zero-order valence-electron chi connectivity index (χ0n) is 12.6. The topological polar surface area (TPSA) is 95.3 Å². The second-order valence-electron chi connectivity index (χ2n) is 4.84. The van der Waals surface area contributed by atoms with E-state index in [1.54, 1.807) is 24.3 Å². The molecule has 0 saturated carbocycles. The molecule has 0 unspecified atom stereocenters. The number of fused-ring (bicyclic) bond motifs is 1. The number of nitrogens with one attached hydrogen (secondary N) is 1. The highest BCUT2D eigenvalue weighted by Gasteiger charge is 2.12. The smallest absolute Gasteiger partial charge is 0.431 e. The van der Waals surface area contributed by atoms with Crippen LogP contribution < -0.4 is 5.48 Å². The minimum atomic E-state index is -0.782. The fourth-order valence-electron chi connectivity index (χ4n) is 2.02. The summed E-state index contributed by atoms with van der Waals surface area (Å²) in [6, 6.07) is 16.2. The third-order valence-corrected chi connectivity index (χ3v) is 3.15. The Balaban J connectivity index is 1.46. The van der Waals surface area contributed by atoms with Gasteiger partial charge in [0, 0.05) is 0 Å². The first-order valence-corrected chi connectivity index (χ1v) is 7.16. The lowest BCUT2D eigenvalue weighted by molar-refractivity contribution is 0.0220. The molecule has 122 valence electrons. The van der Waals surface area contributed by atoms with Crippen molar-refractivity contribution in [2.45, 2.75) is 6.61 Å². The van der Waals surface area contributed by atoms with Gasteiger partial charge in [0.15, 0.2) is 6.61 Å². The first-order chi connectivity index (χ1) is 11.7. The number of hydrogen-bond acceptors (Lipinski definition) is 6. The summed E-state index contributed by atoms with van der Waals surface area (Å²) in [5.41, 5.74) is 4.06. The number of benzene rings is 2. The first-order valence-electron chi connectivity index (χ1n) is 7.16. The van der Waals surface area contributed by atoms with Gasteiger partial charge in [-0.15, -0.1) is 5.10 Å². The van der Waals surface area contributed by atoms with Gasteiger partial charge in [-0.1, -0.05) is 47.7 Å². The fraction of sp³-hybridized carbons (Fsp3) is 0.125. The minimum absolute atomic E-state index is 0.109. The SMILES string of the molecule is O=C(NOCC(=O)n1nnc2ccccc21)OCc1ccccc1. The van der Waals surface area contributed by atoms with E-state index in [0.29, 0.717) is 11.0 Å². The van der Waals surface area contributed by atoms with Gasteiger partial charge < -0.3 is 4.74 Å². The molecule has 8 heteroatoms. The van der Waals surface area contributed by atoms with Crippen molar-refractivity contribution in [2.24, 2.45) is 0 Å². The van der Waals surface area contributed by atoms with Crippen LogP contribution in [0.1, 0.15) is 10.4 Å². The number of nitrogens with zero attached hydrogens (tertiary/aromatic N) is 3. The van der Waals surface area contributed by atoms with Crippen molar-refractivity contribution in [2.75, 3.05) is 6.61 Å². The van der Waals surface area contributed by atoms with Crippen LogP contribution in [0.2, 0.25) is 0 Å². The Bertz CT molecular complexity index is 847. The first kappa shape index (κ1) is 15.6. The predicted octanol–water partition coefficient (Wildman–Crippen LogP) is 1.93. The van der Waals surface area contributed by atoms with E-state index in [9.17, 15) is 9.59 Å². The van der Waals surface area contributed by atoms with Gasteiger partial charge >= 0.3 is 6.09 Å². The summed E-state index contributed by atoms with van der Waals surface area (Å²) in [6.45, 7) is -0.286. The number of carbonyl (C=O) groups excluding carboxylic acids is 2. The Kier molecular flexibility index (Phi) is 4.78. The number of rotatable bonds is 5. The number of aromatic nitrogens is 3. The van der Waals surface area contributed by atoms with Crippen LogP contribution in [0.4, 0.5) is 4.79 Å². The highest BCUT2D eigenvalue weighted by atomic mass is 16.7. The molecule has 0 spiro atoms. The molecule has 3 aromatic rings. The maximum absolute atomic E-state index is 12.0. The van der Waals surface area contributed by atoms with Gasteiger partial charge in [-0.3, -0.25) is 9.63 Å². The van der Waals surface area contributed by atoms with E-state index in [-0.39, 0.29) is 6.61 Å². The van der Waals surface area contributed by atoms with Crippen LogP contribution in [0.3, 0.4) is 0 Å². The number of hydrogen-bond donors (Lipinski definition) is 1. The molecule has 1 N–H and O–H groups in total. The summed E-state index contributed by atoms with van der Waals surface area (Å²) in [7, 11) is 0. The summed E-state index contributed by atoms with van der Waals surface area (Å²) in [5, 5.41) is 7.63. The van der Waals surface area contributed by atoms with Crippen LogP contribution in [-0.4, -0.2) is 33.6 Å². The predicted molar refractivity (Wildman–Crippen MR) is 83.9 cm³/mol. The molecule has 0 fully saturated rings. The largest absolute Gasteiger partial charge is 0.443 e. The lowest BCUT2D eigenvalue weighted by Crippen LogP contribution is -2.29. The van der Waals surface area contributed by atoms with Crippen LogP contribution >= 0.6 is 0 Å². The third-order valence-electron chi connectivity index (χ3n) is 3.15. The van der Waals surface area contributed by atoms with Gasteiger partial charge in [0.2, 0.25) is 0 Å². The molecule has 0 atom stereocenters. The van der Waals surface area contributed by atoms with Gasteiger partial charge in [-0.2, -0.15) is 10.2 Å². The van der Waals surface area contributed by atoms with Crippen LogP contribution in [0.5, 0.6) is 0 Å². The lowest BCUT2D eigenvalue weighted by Gasteiger charge is -2.07. The molecule has 8 nitrogen and oxygen atoms in total. The van der Waals surface area contributed by atoms with Crippen LogP contribution in [0.25, 0.3) is 11.0 Å². The van der Waals surface area contributed by atoms with Crippen molar-refractivity contribution in [1.82, 2.24) is 20.5 Å². The van der Waals surface area contributed by atoms with E-state index >= 15 is 0 Å². The Morgan fingerprint density at radius 2 is 1.79 bits per heavy atom. The maximum Gasteiger partial charge on any atom is 0.431 e. The van der Waals surface area contributed by atoms with Crippen molar-refractivity contribution in [3.63, 3.8) is 0 Å². The molecule has 3 rings (SSSR count). The Hall–Kier alpha value is -3.26. The number of para-hydroxylation sites is 1. The Labute approximate surface area is 136 Å². The molecule has 0 aliphatic heterocycles. The second-order valence-corrected chi connectivity index (χ2v) is 4.84. The molecular formula is C16H14N4O4. The van der Waals surface area contributed by atoms with E-state index in [2.05, 4.69) is 15.8 Å². The number of amides is 1. The van der Waals surface area contributed by atoms with Crippen molar-refractivity contribution < 1.29 is 19.2 Å². The third kappa shape index (κ3) is 3.73. The zero-order valence-corrected chi connectivity index (χ0v) is 12.6. The average Bonchev–Trinajstić information content (AvgIpc) is 3.05. The summed E-state index contributed by atoms with van der Waals surface area (Å²) in [6.07, 6.45) is -0.782. The monoisotopic (exact) mass is 326 g/mol. The molecule has 0 aliphatic rings. The average molecular weight is 326 g/mol. The van der Waals surface area contributed by atoms with E-state index in [0.717, 1.165) is 10.2 Å². The fourth-order valence-corrected chi connectivity index (χ4v) is 2.02. The summed E-state index contributed by atoms with van der Waals surface area (Å²) in [5.74, 6) is -0.466. The summed E-state index contributed by atoms with van der Waals surface area (Å²) < 4.78 is 6.07. The maximum atomic E-state index is 12.0. The normalized spacial score (nSPS) is 10.5. The van der Waals surface area contributed by atoms with Gasteiger partial charge in [-0.25, -0.2) is 4.79 Å². The molecule has 1 amide bonds. The van der Waals surface area contributed by atoms with E-state index in [4.69, 9.17) is 9.57 Å². The molecular weight excluding hydrogens is 312 g/mol. The molecule has 1 heterocycles. The van der Waals surface area contributed by atoms with Crippen LogP contribution in [-0.2, 0) is 16.2 Å². The lowest BCUT2D eigenvalue weighted by atomic mass is 10.2. The summed E-state index contributed by atoms with van der Waals surface area (Å²) in [4.78, 5) is 28.4. The van der Waals surface area contributed by atoms with E-state index in [1.165, 1.54) is 0 Å². The molecule has 0 radical (unpaired) electrons. The standard InChI is InChI=1S/C16H14N4O4/c21-15(20-14-9-5-4-8-13(14)17-19-20)11-24-18-16(22)23-10-12-6-2-1-3-7-12/h1-9H,10-11H2,(H,18,22). The van der Waals surface area contributed by atoms with Crippen LogP contribution in [0, 0.1) is 0 Å². The van der Waals surface area contributed by atoms with Crippen molar-refractivity contribution in [3.8, 4) is 0 Å². The summed E-state index contributed by atoms with van der Waals surface area (Å²) >= 11 is 0. The molecule has 0 saturated heterocycles. The van der Waals surface area contributed by atoms with Gasteiger partial charge in [0.05, 0.1) is 5.52 Å². The number of hydroxylamine groups is 1. The highest BCUT2D eigenvalue weighted by molar-refractivity contribution is 5.89. The molecule has 1 aromatic heterocycles. The van der Waals surface area contributed by atoms with Gasteiger partial charge in [-0.05, 0) is 17.7 Å². The zero-order chi connectivity index (χ0) is 16.8. The van der Waals surface area contributed by atoms with Crippen LogP contribution in [0.15, 0.2) is 54.6 Å². The minimum Gasteiger partial charge on any atom is -0.443 e. The van der Waals surface area contributed by atoms with Gasteiger partial charge in [0.1, 0.15) is 12.1 Å². The Morgan fingerprint density at radius 3 is 2.62 bits per heavy atom. The molecule has 0 bridgehead atoms. The molecule has 0 aliphatic carbocycles. The van der Waals surface area contributed by atoms with E-state index < -0.39 is 18.6 Å². The van der Waals surface area contributed by atoms with Crippen molar-refractivity contribution >= 4 is 23.0 Å². The second kappa shape index (κ2) is 7.34. The van der Waals surface area contributed by atoms with Crippen molar-refractivity contribution in [3.05, 3.63) is 60.2 Å². The highest BCUT2D eigenvalue weighted by Crippen LogP contribution is 2.09. The quantitative estimate of drug-likeness (QED) is 0.720. The number of ether oxygens (including phenoxy) is 1. The molecule has 24 heavy (non-hydrogen) atoms. The van der Waals surface area contributed by atoms with Crippen molar-refractivity contribution in [1.29, 1.82) is 0 Å². The Morgan fingerprint density at radius 1 is 1.04 bits per heavy atom. The number of carbonyl (C=O) groups is 2. The molecule has 2 aromatic carbocycles.